The third-order valence-electron chi connectivity index (χ3n) is 7.46. The Morgan fingerprint density at radius 1 is 1.00 bits per heavy atom. The average molecular weight is 394 g/mol. The molecule has 29 heavy (non-hydrogen) atoms. The highest BCUT2D eigenvalue weighted by Crippen LogP contribution is 2.47. The van der Waals surface area contributed by atoms with Gasteiger partial charge in [-0.3, -0.25) is 0 Å². The molecular formula is C26H35NO2. The van der Waals surface area contributed by atoms with Crippen LogP contribution in [-0.2, 0) is 0 Å². The topological polar surface area (TPSA) is 41.5 Å². The van der Waals surface area contributed by atoms with Crippen LogP contribution < -0.4 is 10.1 Å². The van der Waals surface area contributed by atoms with E-state index < -0.39 is 0 Å². The molecule has 156 valence electrons. The molecule has 0 aromatic heterocycles. The fourth-order valence-corrected chi connectivity index (χ4v) is 5.88. The number of fused-ring (bicyclic) bond motifs is 1. The molecule has 1 saturated carbocycles. The number of aliphatic hydroxyl groups is 1. The molecule has 6 atom stereocenters. The number of benzene rings is 2. The number of piperidine rings is 1. The van der Waals surface area contributed by atoms with Gasteiger partial charge in [0.2, 0.25) is 0 Å². The largest absolute Gasteiger partial charge is 0.497 e. The van der Waals surface area contributed by atoms with E-state index in [4.69, 9.17) is 4.74 Å². The summed E-state index contributed by atoms with van der Waals surface area (Å²) in [7, 11) is 1.73. The number of methoxy groups -OCH3 is 1. The lowest BCUT2D eigenvalue weighted by Gasteiger charge is -2.45. The van der Waals surface area contributed by atoms with E-state index in [9.17, 15) is 5.11 Å². The van der Waals surface area contributed by atoms with Gasteiger partial charge in [-0.25, -0.2) is 0 Å². The van der Waals surface area contributed by atoms with Crippen LogP contribution in [0, 0.1) is 17.8 Å². The number of nitrogens with one attached hydrogen (secondary N) is 1. The Bertz CT molecular complexity index is 760. The summed E-state index contributed by atoms with van der Waals surface area (Å²) in [4.78, 5) is 0. The fraction of sp³-hybridized carbons (Fsp3) is 0.538. The second-order valence-electron chi connectivity index (χ2n) is 9.13. The quantitative estimate of drug-likeness (QED) is 0.728. The Kier molecular flexibility index (Phi) is 6.56. The lowest BCUT2D eigenvalue weighted by atomic mass is 9.64. The fourth-order valence-electron chi connectivity index (χ4n) is 5.88. The van der Waals surface area contributed by atoms with Crippen LogP contribution in [-0.4, -0.2) is 31.4 Å². The predicted molar refractivity (Wildman–Crippen MR) is 118 cm³/mol. The van der Waals surface area contributed by atoms with Gasteiger partial charge in [-0.05, 0) is 78.5 Å². The molecular weight excluding hydrogens is 358 g/mol. The molecule has 3 heteroatoms. The Labute approximate surface area is 175 Å². The van der Waals surface area contributed by atoms with Crippen LogP contribution in [0.3, 0.4) is 0 Å². The average Bonchev–Trinajstić information content (AvgIpc) is 2.79. The summed E-state index contributed by atoms with van der Waals surface area (Å²) in [6, 6.07) is 20.4. The Hall–Kier alpha value is -1.84. The third-order valence-corrected chi connectivity index (χ3v) is 7.46. The molecule has 1 aliphatic carbocycles. The number of hydrogen-bond donors (Lipinski definition) is 2. The third kappa shape index (κ3) is 4.51. The summed E-state index contributed by atoms with van der Waals surface area (Å²) in [6.07, 6.45) is 4.94. The highest BCUT2D eigenvalue weighted by atomic mass is 16.5. The van der Waals surface area contributed by atoms with Gasteiger partial charge in [0.25, 0.3) is 0 Å². The first kappa shape index (κ1) is 20.4. The predicted octanol–water partition coefficient (Wildman–Crippen LogP) is 4.97. The van der Waals surface area contributed by atoms with Gasteiger partial charge in [-0.2, -0.15) is 0 Å². The molecule has 0 radical (unpaired) electrons. The molecule has 2 N–H and O–H groups in total. The Balaban J connectivity index is 1.61. The van der Waals surface area contributed by atoms with Crippen LogP contribution >= 0.6 is 0 Å². The molecule has 2 aromatic carbocycles. The minimum atomic E-state index is 0.309. The van der Waals surface area contributed by atoms with Crippen LogP contribution in [0.2, 0.25) is 0 Å². The van der Waals surface area contributed by atoms with Gasteiger partial charge in [-0.1, -0.05) is 49.4 Å². The first-order chi connectivity index (χ1) is 14.2. The smallest absolute Gasteiger partial charge is 0.118 e. The molecule has 2 aliphatic rings. The summed E-state index contributed by atoms with van der Waals surface area (Å²) in [6.45, 7) is 3.68. The Morgan fingerprint density at radius 3 is 2.45 bits per heavy atom. The van der Waals surface area contributed by atoms with Crippen LogP contribution in [0.4, 0.5) is 0 Å². The lowest BCUT2D eigenvalue weighted by Crippen LogP contribution is -2.49. The molecule has 0 bridgehead atoms. The minimum Gasteiger partial charge on any atom is -0.497 e. The van der Waals surface area contributed by atoms with E-state index in [1.165, 1.54) is 36.8 Å². The number of rotatable bonds is 6. The molecule has 0 spiro atoms. The van der Waals surface area contributed by atoms with Crippen molar-refractivity contribution in [1.29, 1.82) is 0 Å². The maximum Gasteiger partial charge on any atom is 0.118 e. The van der Waals surface area contributed by atoms with E-state index in [2.05, 4.69) is 66.8 Å². The van der Waals surface area contributed by atoms with Gasteiger partial charge >= 0.3 is 0 Å². The van der Waals surface area contributed by atoms with E-state index in [0.717, 1.165) is 12.3 Å². The molecule has 1 heterocycles. The zero-order valence-corrected chi connectivity index (χ0v) is 17.8. The molecule has 2 aromatic rings. The number of ether oxygens (including phenoxy) is 1. The zero-order chi connectivity index (χ0) is 20.2. The van der Waals surface area contributed by atoms with Crippen LogP contribution in [0.25, 0.3) is 0 Å². The maximum atomic E-state index is 9.67. The highest BCUT2D eigenvalue weighted by Gasteiger charge is 2.39. The zero-order valence-electron chi connectivity index (χ0n) is 17.8. The summed E-state index contributed by atoms with van der Waals surface area (Å²) in [5.74, 6) is 3.66. The van der Waals surface area contributed by atoms with Gasteiger partial charge in [0.05, 0.1) is 7.11 Å². The molecule has 2 fully saturated rings. The van der Waals surface area contributed by atoms with Gasteiger partial charge < -0.3 is 15.2 Å². The van der Waals surface area contributed by atoms with Crippen molar-refractivity contribution in [1.82, 2.24) is 5.32 Å². The highest BCUT2D eigenvalue weighted by molar-refractivity contribution is 5.33. The van der Waals surface area contributed by atoms with E-state index in [0.29, 0.717) is 42.2 Å². The van der Waals surface area contributed by atoms with Crippen LogP contribution in [0.1, 0.15) is 55.6 Å². The van der Waals surface area contributed by atoms with Crippen LogP contribution in [0.15, 0.2) is 54.6 Å². The lowest BCUT2D eigenvalue weighted by molar-refractivity contribution is 0.0890. The monoisotopic (exact) mass is 393 g/mol. The van der Waals surface area contributed by atoms with Crippen LogP contribution in [0.5, 0.6) is 5.75 Å². The van der Waals surface area contributed by atoms with Crippen molar-refractivity contribution in [3.05, 3.63) is 65.7 Å². The summed E-state index contributed by atoms with van der Waals surface area (Å²) >= 11 is 0. The van der Waals surface area contributed by atoms with Crippen molar-refractivity contribution in [2.24, 2.45) is 17.8 Å². The molecule has 1 saturated heterocycles. The molecule has 3 nitrogen and oxygen atoms in total. The van der Waals surface area contributed by atoms with Gasteiger partial charge in [0.1, 0.15) is 5.75 Å². The first-order valence-corrected chi connectivity index (χ1v) is 11.2. The van der Waals surface area contributed by atoms with Crippen molar-refractivity contribution < 1.29 is 9.84 Å². The second-order valence-corrected chi connectivity index (χ2v) is 9.13. The van der Waals surface area contributed by atoms with Crippen molar-refractivity contribution in [2.75, 3.05) is 20.3 Å². The first-order valence-electron chi connectivity index (χ1n) is 11.2. The van der Waals surface area contributed by atoms with Crippen molar-refractivity contribution >= 4 is 0 Å². The van der Waals surface area contributed by atoms with Crippen molar-refractivity contribution in [3.8, 4) is 5.75 Å². The van der Waals surface area contributed by atoms with E-state index >= 15 is 0 Å². The molecule has 0 amide bonds. The second kappa shape index (κ2) is 9.32. The van der Waals surface area contributed by atoms with E-state index in [-0.39, 0.29) is 0 Å². The summed E-state index contributed by atoms with van der Waals surface area (Å²) in [5, 5.41) is 13.4. The maximum absolute atomic E-state index is 9.67. The molecule has 1 unspecified atom stereocenters. The van der Waals surface area contributed by atoms with E-state index in [1.54, 1.807) is 7.11 Å². The standard InChI is InChI=1S/C26H35NO2/c1-18(20-6-4-3-5-7-20)26(21-8-11-24(29-2)12-9-21)22-10-13-25-23(15-22)14-19(17-28)16-27-25/h3-9,11-12,18-19,22-23,25-28H,10,13-17H2,1-2H3/t18?,19-,22+,23+,25-,26-/m1/s1. The van der Waals surface area contributed by atoms with Gasteiger partial charge in [0.15, 0.2) is 0 Å². The number of hydrogen-bond acceptors (Lipinski definition) is 3. The van der Waals surface area contributed by atoms with Gasteiger partial charge in [-0.15, -0.1) is 0 Å². The molecule has 1 aliphatic heterocycles. The molecule has 4 rings (SSSR count). The summed E-state index contributed by atoms with van der Waals surface area (Å²) < 4.78 is 5.40. The van der Waals surface area contributed by atoms with Gasteiger partial charge in [0, 0.05) is 19.2 Å². The van der Waals surface area contributed by atoms with Crippen molar-refractivity contribution in [3.63, 3.8) is 0 Å². The number of aliphatic hydroxyl groups excluding tert-OH is 1. The Morgan fingerprint density at radius 2 is 1.76 bits per heavy atom. The van der Waals surface area contributed by atoms with E-state index in [1.807, 2.05) is 0 Å². The van der Waals surface area contributed by atoms with Crippen molar-refractivity contribution in [2.45, 2.75) is 50.5 Å². The summed E-state index contributed by atoms with van der Waals surface area (Å²) in [5.41, 5.74) is 2.85. The normalized spacial score (nSPS) is 28.9. The minimum absolute atomic E-state index is 0.309. The SMILES string of the molecule is COc1ccc([C@@H](C(C)c2ccccc2)[C@H]2CC[C@H]3NC[C@H](CO)C[C@H]3C2)cc1.